The predicted molar refractivity (Wildman–Crippen MR) is 88.1 cm³/mol. The van der Waals surface area contributed by atoms with Crippen LogP contribution in [-0.4, -0.2) is 28.7 Å². The molecule has 1 saturated heterocycles. The van der Waals surface area contributed by atoms with E-state index in [1.54, 1.807) is 24.3 Å². The van der Waals surface area contributed by atoms with E-state index in [4.69, 9.17) is 5.73 Å². The summed E-state index contributed by atoms with van der Waals surface area (Å²) in [5, 5.41) is 9.22. The number of hydrogen-bond acceptors (Lipinski definition) is 5. The molecular formula is C17H18FN5O. The molecule has 2 aromatic rings. The maximum Gasteiger partial charge on any atom is 0.291 e. The zero-order valence-electron chi connectivity index (χ0n) is 13.2. The number of piperidine rings is 1. The summed E-state index contributed by atoms with van der Waals surface area (Å²) in [5.74, 6) is -0.515. The lowest BCUT2D eigenvalue weighted by Crippen LogP contribution is -2.45. The van der Waals surface area contributed by atoms with Crippen molar-refractivity contribution >= 4 is 5.95 Å². The van der Waals surface area contributed by atoms with Gasteiger partial charge in [-0.25, -0.2) is 4.98 Å². The van der Waals surface area contributed by atoms with Crippen molar-refractivity contribution in [2.45, 2.75) is 25.4 Å². The van der Waals surface area contributed by atoms with Crippen LogP contribution < -0.4 is 16.2 Å². The normalized spacial score (nSPS) is 17.5. The Kier molecular flexibility index (Phi) is 4.58. The molecule has 1 aromatic heterocycles. The highest BCUT2D eigenvalue weighted by Gasteiger charge is 2.22. The first-order valence-corrected chi connectivity index (χ1v) is 7.84. The van der Waals surface area contributed by atoms with Gasteiger partial charge in [-0.15, -0.1) is 0 Å². The van der Waals surface area contributed by atoms with E-state index < -0.39 is 11.4 Å². The van der Waals surface area contributed by atoms with E-state index in [0.717, 1.165) is 19.0 Å². The number of nitriles is 1. The van der Waals surface area contributed by atoms with E-state index in [9.17, 15) is 14.4 Å². The van der Waals surface area contributed by atoms with E-state index in [-0.39, 0.29) is 12.6 Å². The predicted octanol–water partition coefficient (Wildman–Crippen LogP) is 1.23. The highest BCUT2D eigenvalue weighted by molar-refractivity contribution is 5.39. The summed E-state index contributed by atoms with van der Waals surface area (Å²) in [4.78, 5) is 18.4. The first-order chi connectivity index (χ1) is 11.6. The second kappa shape index (κ2) is 6.81. The van der Waals surface area contributed by atoms with E-state index in [1.165, 1.54) is 4.57 Å². The molecule has 1 unspecified atom stereocenters. The van der Waals surface area contributed by atoms with Gasteiger partial charge in [-0.05, 0) is 24.5 Å². The third kappa shape index (κ3) is 3.14. The summed E-state index contributed by atoms with van der Waals surface area (Å²) in [6, 6.07) is 9.05. The number of aromatic nitrogens is 2. The third-order valence-electron chi connectivity index (χ3n) is 4.19. The molecule has 1 aliphatic heterocycles. The molecule has 2 N–H and O–H groups in total. The molecule has 0 saturated carbocycles. The summed E-state index contributed by atoms with van der Waals surface area (Å²) in [5.41, 5.74) is 6.36. The third-order valence-corrected chi connectivity index (χ3v) is 4.19. The van der Waals surface area contributed by atoms with Crippen molar-refractivity contribution in [3.05, 3.63) is 57.8 Å². The van der Waals surface area contributed by atoms with Crippen LogP contribution in [0.2, 0.25) is 0 Å². The molecule has 24 heavy (non-hydrogen) atoms. The Labute approximate surface area is 139 Å². The molecule has 0 bridgehead atoms. The lowest BCUT2D eigenvalue weighted by atomic mass is 10.1. The standard InChI is InChI=1S/C17H18FN5O/c18-15-9-21-17(22-7-3-6-14(20)11-22)23(16(15)24)10-13-5-2-1-4-12(13)8-19/h1-2,4-5,9,14H,3,6-7,10-11,20H2. The topological polar surface area (TPSA) is 87.9 Å². The zero-order valence-corrected chi connectivity index (χ0v) is 13.2. The summed E-state index contributed by atoms with van der Waals surface area (Å²) < 4.78 is 15.1. The molecular weight excluding hydrogens is 309 g/mol. The van der Waals surface area contributed by atoms with Crippen LogP contribution in [0.3, 0.4) is 0 Å². The monoisotopic (exact) mass is 327 g/mol. The van der Waals surface area contributed by atoms with Crippen LogP contribution in [0, 0.1) is 17.1 Å². The number of halogens is 1. The molecule has 0 aliphatic carbocycles. The number of hydrogen-bond donors (Lipinski definition) is 1. The Hall–Kier alpha value is -2.72. The van der Waals surface area contributed by atoms with Crippen molar-refractivity contribution in [1.82, 2.24) is 9.55 Å². The van der Waals surface area contributed by atoms with Crippen molar-refractivity contribution in [1.29, 1.82) is 5.26 Å². The van der Waals surface area contributed by atoms with Gasteiger partial charge < -0.3 is 10.6 Å². The van der Waals surface area contributed by atoms with Crippen molar-refractivity contribution < 1.29 is 4.39 Å². The van der Waals surface area contributed by atoms with Crippen molar-refractivity contribution in [3.63, 3.8) is 0 Å². The van der Waals surface area contributed by atoms with Gasteiger partial charge >= 0.3 is 0 Å². The van der Waals surface area contributed by atoms with Gasteiger partial charge in [0.15, 0.2) is 0 Å². The van der Waals surface area contributed by atoms with Crippen LogP contribution in [0.1, 0.15) is 24.0 Å². The smallest absolute Gasteiger partial charge is 0.291 e. The molecule has 0 amide bonds. The van der Waals surface area contributed by atoms with Crippen LogP contribution in [0.15, 0.2) is 35.3 Å². The van der Waals surface area contributed by atoms with Gasteiger partial charge in [0.05, 0.1) is 24.4 Å². The van der Waals surface area contributed by atoms with E-state index in [1.807, 2.05) is 4.90 Å². The maximum absolute atomic E-state index is 13.8. The molecule has 3 rings (SSSR count). The van der Waals surface area contributed by atoms with E-state index in [2.05, 4.69) is 11.1 Å². The number of benzene rings is 1. The Bertz CT molecular complexity index is 842. The van der Waals surface area contributed by atoms with Crippen LogP contribution in [0.4, 0.5) is 10.3 Å². The fourth-order valence-electron chi connectivity index (χ4n) is 2.98. The van der Waals surface area contributed by atoms with Crippen molar-refractivity contribution in [3.8, 4) is 6.07 Å². The fraction of sp³-hybridized carbons (Fsp3) is 0.353. The second-order valence-electron chi connectivity index (χ2n) is 5.91. The second-order valence-corrected chi connectivity index (χ2v) is 5.91. The molecule has 124 valence electrons. The number of rotatable bonds is 3. The van der Waals surface area contributed by atoms with Crippen molar-refractivity contribution in [2.24, 2.45) is 5.73 Å². The minimum atomic E-state index is -0.908. The van der Waals surface area contributed by atoms with Gasteiger partial charge in [0.2, 0.25) is 11.8 Å². The molecule has 1 aliphatic rings. The maximum atomic E-state index is 13.8. The van der Waals surface area contributed by atoms with Gasteiger partial charge in [0, 0.05) is 19.1 Å². The number of nitrogens with zero attached hydrogens (tertiary/aromatic N) is 4. The van der Waals surface area contributed by atoms with Crippen LogP contribution in [0.25, 0.3) is 0 Å². The SMILES string of the molecule is N#Cc1ccccc1Cn1c(N2CCCC(N)C2)ncc(F)c1=O. The largest absolute Gasteiger partial charge is 0.341 e. The van der Waals surface area contributed by atoms with Gasteiger partial charge in [-0.1, -0.05) is 18.2 Å². The van der Waals surface area contributed by atoms with E-state index in [0.29, 0.717) is 30.2 Å². The Morgan fingerprint density at radius 1 is 1.42 bits per heavy atom. The molecule has 7 heteroatoms. The number of nitrogens with two attached hydrogens (primary N) is 1. The van der Waals surface area contributed by atoms with Crippen LogP contribution >= 0.6 is 0 Å². The van der Waals surface area contributed by atoms with E-state index >= 15 is 0 Å². The fourth-order valence-corrected chi connectivity index (χ4v) is 2.98. The number of anilines is 1. The van der Waals surface area contributed by atoms with Gasteiger partial charge in [-0.2, -0.15) is 9.65 Å². The summed E-state index contributed by atoms with van der Waals surface area (Å²) in [6.07, 6.45) is 2.76. The molecule has 1 fully saturated rings. The first-order valence-electron chi connectivity index (χ1n) is 7.84. The lowest BCUT2D eigenvalue weighted by Gasteiger charge is -2.32. The zero-order chi connectivity index (χ0) is 17.1. The summed E-state index contributed by atoms with van der Waals surface area (Å²) in [7, 11) is 0. The quantitative estimate of drug-likeness (QED) is 0.916. The Balaban J connectivity index is 2.04. The Morgan fingerprint density at radius 3 is 2.96 bits per heavy atom. The van der Waals surface area contributed by atoms with Gasteiger partial charge in [-0.3, -0.25) is 9.36 Å². The highest BCUT2D eigenvalue weighted by Crippen LogP contribution is 2.18. The molecule has 1 atom stereocenters. The minimum absolute atomic E-state index is 0.000509. The molecule has 2 heterocycles. The Morgan fingerprint density at radius 2 is 2.21 bits per heavy atom. The van der Waals surface area contributed by atoms with Gasteiger partial charge in [0.1, 0.15) is 0 Å². The summed E-state index contributed by atoms with van der Waals surface area (Å²) >= 11 is 0. The lowest BCUT2D eigenvalue weighted by molar-refractivity contribution is 0.484. The molecule has 1 aromatic carbocycles. The van der Waals surface area contributed by atoms with Crippen LogP contribution in [0.5, 0.6) is 0 Å². The summed E-state index contributed by atoms with van der Waals surface area (Å²) in [6.45, 7) is 1.37. The highest BCUT2D eigenvalue weighted by atomic mass is 19.1. The van der Waals surface area contributed by atoms with Crippen molar-refractivity contribution in [2.75, 3.05) is 18.0 Å². The first kappa shape index (κ1) is 16.1. The average molecular weight is 327 g/mol. The average Bonchev–Trinajstić information content (AvgIpc) is 2.59. The molecule has 0 radical (unpaired) electrons. The molecule has 6 nitrogen and oxygen atoms in total. The van der Waals surface area contributed by atoms with Gasteiger partial charge in [0.25, 0.3) is 5.56 Å². The minimum Gasteiger partial charge on any atom is -0.341 e. The molecule has 0 spiro atoms. The van der Waals surface area contributed by atoms with Crippen LogP contribution in [-0.2, 0) is 6.54 Å².